The van der Waals surface area contributed by atoms with Gasteiger partial charge in [0.25, 0.3) is 0 Å². The van der Waals surface area contributed by atoms with Gasteiger partial charge in [-0.3, -0.25) is 4.79 Å². The lowest BCUT2D eigenvalue weighted by Crippen LogP contribution is -2.36. The van der Waals surface area contributed by atoms with Crippen molar-refractivity contribution in [2.45, 2.75) is 32.1 Å². The molecule has 0 spiro atoms. The fourth-order valence-corrected chi connectivity index (χ4v) is 5.27. The molecule has 1 aromatic heterocycles. The number of benzene rings is 1. The van der Waals surface area contributed by atoms with Crippen LogP contribution >= 0.6 is 0 Å². The number of rotatable bonds is 4. The van der Waals surface area contributed by atoms with Crippen LogP contribution in [0, 0.1) is 25.2 Å². The fraction of sp³-hybridized carbons (Fsp3) is 0.421. The molecule has 3 rings (SSSR count). The number of carbonyl (C=O) groups excluding carboxylic acids is 1. The summed E-state index contributed by atoms with van der Waals surface area (Å²) in [4.78, 5) is 14.1. The van der Waals surface area contributed by atoms with Crippen LogP contribution in [-0.4, -0.2) is 49.8 Å². The van der Waals surface area contributed by atoms with E-state index in [0.29, 0.717) is 48.6 Å². The van der Waals surface area contributed by atoms with E-state index in [1.54, 1.807) is 32.0 Å². The van der Waals surface area contributed by atoms with Crippen LogP contribution in [0.4, 0.5) is 5.69 Å². The van der Waals surface area contributed by atoms with Crippen molar-refractivity contribution in [2.24, 2.45) is 0 Å². The van der Waals surface area contributed by atoms with Crippen LogP contribution in [0.5, 0.6) is 0 Å². The van der Waals surface area contributed by atoms with Crippen LogP contribution in [0.25, 0.3) is 0 Å². The molecule has 28 heavy (non-hydrogen) atoms. The highest BCUT2D eigenvalue weighted by Crippen LogP contribution is 2.27. The first kappa shape index (κ1) is 20.0. The average molecular weight is 402 g/mol. The van der Waals surface area contributed by atoms with E-state index < -0.39 is 10.0 Å². The number of nitriles is 1. The summed E-state index contributed by atoms with van der Waals surface area (Å²) >= 11 is 0. The third-order valence-corrected chi connectivity index (χ3v) is 7.01. The van der Waals surface area contributed by atoms with Gasteiger partial charge in [0.15, 0.2) is 11.5 Å². The molecule has 0 aliphatic carbocycles. The minimum absolute atomic E-state index is 0.0936. The first-order valence-electron chi connectivity index (χ1n) is 8.98. The molecule has 0 amide bonds. The molecule has 2 heterocycles. The van der Waals surface area contributed by atoms with Crippen molar-refractivity contribution < 1.29 is 17.7 Å². The highest BCUT2D eigenvalue weighted by Gasteiger charge is 2.32. The summed E-state index contributed by atoms with van der Waals surface area (Å²) in [5.74, 6) is 0.183. The standard InChI is InChI=1S/C19H22N4O4S/c1-13-19(15(3)27-21-13)28(25,26)23-8-4-7-22(9-10-23)18-11-16(12-20)5-6-17(18)14(2)24/h5-6,11H,4,7-10H2,1-3H3. The van der Waals surface area contributed by atoms with Crippen LogP contribution < -0.4 is 4.90 Å². The highest BCUT2D eigenvalue weighted by molar-refractivity contribution is 7.89. The summed E-state index contributed by atoms with van der Waals surface area (Å²) in [7, 11) is -3.72. The highest BCUT2D eigenvalue weighted by atomic mass is 32.2. The van der Waals surface area contributed by atoms with Gasteiger partial charge in [-0.2, -0.15) is 9.57 Å². The molecule has 1 aromatic carbocycles. The molecular formula is C19H22N4O4S. The second-order valence-electron chi connectivity index (χ2n) is 6.80. The first-order chi connectivity index (χ1) is 13.3. The van der Waals surface area contributed by atoms with Gasteiger partial charge in [0, 0.05) is 37.4 Å². The molecule has 0 radical (unpaired) electrons. The van der Waals surface area contributed by atoms with E-state index in [2.05, 4.69) is 11.2 Å². The summed E-state index contributed by atoms with van der Waals surface area (Å²) in [6, 6.07) is 7.05. The summed E-state index contributed by atoms with van der Waals surface area (Å²) in [6.45, 7) is 6.30. The van der Waals surface area contributed by atoms with Crippen molar-refractivity contribution in [3.63, 3.8) is 0 Å². The predicted molar refractivity (Wildman–Crippen MR) is 103 cm³/mol. The van der Waals surface area contributed by atoms with Crippen molar-refractivity contribution >= 4 is 21.5 Å². The Hall–Kier alpha value is -2.70. The summed E-state index contributed by atoms with van der Waals surface area (Å²) in [6.07, 6.45) is 0.594. The lowest BCUT2D eigenvalue weighted by atomic mass is 10.1. The number of sulfonamides is 1. The molecule has 8 nitrogen and oxygen atoms in total. The SMILES string of the molecule is CC(=O)c1ccc(C#N)cc1N1CCCN(S(=O)(=O)c2c(C)noc2C)CC1. The Morgan fingerprint density at radius 3 is 2.57 bits per heavy atom. The van der Waals surface area contributed by atoms with Gasteiger partial charge in [0.1, 0.15) is 10.6 Å². The third-order valence-electron chi connectivity index (χ3n) is 4.87. The van der Waals surface area contributed by atoms with E-state index in [9.17, 15) is 18.5 Å². The average Bonchev–Trinajstić information content (AvgIpc) is 2.86. The Labute approximate surface area is 164 Å². The molecule has 1 aliphatic heterocycles. The summed E-state index contributed by atoms with van der Waals surface area (Å²) in [5, 5.41) is 13.0. The summed E-state index contributed by atoms with van der Waals surface area (Å²) in [5.41, 5.74) is 2.01. The topological polar surface area (TPSA) is 108 Å². The normalized spacial score (nSPS) is 15.9. The number of hydrogen-bond donors (Lipinski definition) is 0. The largest absolute Gasteiger partial charge is 0.370 e. The predicted octanol–water partition coefficient (Wildman–Crippen LogP) is 2.27. The van der Waals surface area contributed by atoms with Crippen molar-refractivity contribution in [2.75, 3.05) is 31.1 Å². The van der Waals surface area contributed by atoms with Gasteiger partial charge in [0.05, 0.1) is 11.6 Å². The van der Waals surface area contributed by atoms with Crippen LogP contribution in [0.1, 0.15) is 40.7 Å². The van der Waals surface area contributed by atoms with Crippen molar-refractivity contribution in [3.8, 4) is 6.07 Å². The van der Waals surface area contributed by atoms with Gasteiger partial charge < -0.3 is 9.42 Å². The van der Waals surface area contributed by atoms with Crippen molar-refractivity contribution in [1.82, 2.24) is 9.46 Å². The van der Waals surface area contributed by atoms with E-state index in [1.165, 1.54) is 11.2 Å². The third kappa shape index (κ3) is 3.66. The van der Waals surface area contributed by atoms with Crippen LogP contribution in [0.15, 0.2) is 27.6 Å². The van der Waals surface area contributed by atoms with E-state index in [4.69, 9.17) is 4.52 Å². The van der Waals surface area contributed by atoms with Gasteiger partial charge in [-0.1, -0.05) is 5.16 Å². The van der Waals surface area contributed by atoms with E-state index >= 15 is 0 Å². The van der Waals surface area contributed by atoms with E-state index in [0.717, 1.165) is 0 Å². The number of nitrogens with zero attached hydrogens (tertiary/aromatic N) is 4. The van der Waals surface area contributed by atoms with Gasteiger partial charge in [-0.25, -0.2) is 8.42 Å². The molecule has 2 aromatic rings. The molecule has 0 N–H and O–H groups in total. The van der Waals surface area contributed by atoms with Crippen LogP contribution in [-0.2, 0) is 10.0 Å². The maximum Gasteiger partial charge on any atom is 0.248 e. The van der Waals surface area contributed by atoms with E-state index in [-0.39, 0.29) is 23.0 Å². The smallest absolute Gasteiger partial charge is 0.248 e. The quantitative estimate of drug-likeness (QED) is 0.722. The van der Waals surface area contributed by atoms with Crippen molar-refractivity contribution in [1.29, 1.82) is 5.26 Å². The van der Waals surface area contributed by atoms with Crippen molar-refractivity contribution in [3.05, 3.63) is 40.8 Å². The number of ketones is 1. The lowest BCUT2D eigenvalue weighted by Gasteiger charge is -2.25. The minimum Gasteiger partial charge on any atom is -0.370 e. The summed E-state index contributed by atoms with van der Waals surface area (Å²) < 4.78 is 32.6. The number of Topliss-reactive ketones (excluding diaryl/α,β-unsaturated/α-hetero) is 1. The monoisotopic (exact) mass is 402 g/mol. The number of aromatic nitrogens is 1. The van der Waals surface area contributed by atoms with E-state index in [1.807, 2.05) is 4.90 Å². The van der Waals surface area contributed by atoms with Crippen LogP contribution in [0.2, 0.25) is 0 Å². The van der Waals surface area contributed by atoms with Gasteiger partial charge >= 0.3 is 0 Å². The maximum absolute atomic E-state index is 13.1. The maximum atomic E-state index is 13.1. The Morgan fingerprint density at radius 2 is 1.96 bits per heavy atom. The van der Waals surface area contributed by atoms with Gasteiger partial charge in [0.2, 0.25) is 10.0 Å². The Kier molecular flexibility index (Phi) is 5.54. The van der Waals surface area contributed by atoms with Gasteiger partial charge in [-0.15, -0.1) is 0 Å². The zero-order valence-corrected chi connectivity index (χ0v) is 16.9. The minimum atomic E-state index is -3.72. The molecule has 1 saturated heterocycles. The zero-order valence-electron chi connectivity index (χ0n) is 16.1. The Morgan fingerprint density at radius 1 is 1.21 bits per heavy atom. The number of aryl methyl sites for hydroxylation is 2. The molecule has 1 fully saturated rings. The number of anilines is 1. The fourth-order valence-electron chi connectivity index (χ4n) is 3.51. The van der Waals surface area contributed by atoms with Crippen LogP contribution in [0.3, 0.4) is 0 Å². The molecule has 0 atom stereocenters. The number of carbonyl (C=O) groups is 1. The molecule has 0 unspecified atom stereocenters. The second-order valence-corrected chi connectivity index (χ2v) is 8.67. The first-order valence-corrected chi connectivity index (χ1v) is 10.4. The molecule has 9 heteroatoms. The second kappa shape index (κ2) is 7.73. The molecule has 0 saturated carbocycles. The molecule has 1 aliphatic rings. The number of hydrogen-bond acceptors (Lipinski definition) is 7. The lowest BCUT2D eigenvalue weighted by molar-refractivity contribution is 0.101. The zero-order chi connectivity index (χ0) is 20.5. The Bertz CT molecular complexity index is 1030. The molecule has 0 bridgehead atoms. The Balaban J connectivity index is 1.89. The molecular weight excluding hydrogens is 380 g/mol. The molecule has 148 valence electrons. The van der Waals surface area contributed by atoms with Gasteiger partial charge in [-0.05, 0) is 45.4 Å².